The Morgan fingerprint density at radius 2 is 1.88 bits per heavy atom. The van der Waals surface area contributed by atoms with Crippen LogP contribution in [0.4, 0.5) is 0 Å². The van der Waals surface area contributed by atoms with Crippen LogP contribution < -0.4 is 5.32 Å². The quantitative estimate of drug-likeness (QED) is 0.842. The summed E-state index contributed by atoms with van der Waals surface area (Å²) in [7, 11) is 0. The molecule has 1 aliphatic rings. The Balaban J connectivity index is 2.02. The molecule has 1 fully saturated rings. The fraction of sp³-hybridized carbons (Fsp3) is 0.600. The maximum absolute atomic E-state index is 3.53. The molecular weight excluding hydrogens is 208 g/mol. The highest BCUT2D eigenvalue weighted by molar-refractivity contribution is 5.21. The van der Waals surface area contributed by atoms with Crippen molar-refractivity contribution >= 4 is 0 Å². The van der Waals surface area contributed by atoms with Crippen LogP contribution in [0, 0.1) is 12.8 Å². The van der Waals surface area contributed by atoms with E-state index in [1.807, 2.05) is 0 Å². The molecule has 0 aromatic heterocycles. The van der Waals surface area contributed by atoms with Crippen LogP contribution >= 0.6 is 0 Å². The van der Waals surface area contributed by atoms with Gasteiger partial charge in [0, 0.05) is 25.7 Å². The van der Waals surface area contributed by atoms with E-state index in [9.17, 15) is 0 Å². The van der Waals surface area contributed by atoms with E-state index in [4.69, 9.17) is 0 Å². The van der Waals surface area contributed by atoms with E-state index in [1.54, 1.807) is 0 Å². The fourth-order valence-corrected chi connectivity index (χ4v) is 2.46. The zero-order valence-electron chi connectivity index (χ0n) is 11.2. The van der Waals surface area contributed by atoms with Crippen molar-refractivity contribution in [3.8, 4) is 0 Å². The van der Waals surface area contributed by atoms with E-state index < -0.39 is 0 Å². The summed E-state index contributed by atoms with van der Waals surface area (Å²) in [6.45, 7) is 11.3. The summed E-state index contributed by atoms with van der Waals surface area (Å²) in [5.41, 5.74) is 2.77. The number of rotatable bonds is 2. The SMILES string of the molecule is Cc1ccc(CN2CC(C)CNCC2C)cc1. The molecule has 2 atom stereocenters. The summed E-state index contributed by atoms with van der Waals surface area (Å²) in [5.74, 6) is 0.741. The minimum absolute atomic E-state index is 0.626. The molecule has 0 aliphatic carbocycles. The topological polar surface area (TPSA) is 15.3 Å². The molecular formula is C15H24N2. The summed E-state index contributed by atoms with van der Waals surface area (Å²) < 4.78 is 0. The van der Waals surface area contributed by atoms with Crippen molar-refractivity contribution < 1.29 is 0 Å². The van der Waals surface area contributed by atoms with Crippen molar-refractivity contribution in [3.63, 3.8) is 0 Å². The first kappa shape index (κ1) is 12.6. The Kier molecular flexibility index (Phi) is 4.19. The Morgan fingerprint density at radius 1 is 1.18 bits per heavy atom. The summed E-state index contributed by atoms with van der Waals surface area (Å²) in [5, 5.41) is 3.53. The van der Waals surface area contributed by atoms with E-state index in [1.165, 1.54) is 17.7 Å². The molecule has 0 bridgehead atoms. The lowest BCUT2D eigenvalue weighted by molar-refractivity contribution is 0.195. The summed E-state index contributed by atoms with van der Waals surface area (Å²) in [4.78, 5) is 2.59. The van der Waals surface area contributed by atoms with E-state index in [0.29, 0.717) is 6.04 Å². The average Bonchev–Trinajstić information content (AvgIpc) is 2.45. The lowest BCUT2D eigenvalue weighted by Crippen LogP contribution is -2.37. The number of hydrogen-bond acceptors (Lipinski definition) is 2. The summed E-state index contributed by atoms with van der Waals surface area (Å²) in [6.07, 6.45) is 0. The van der Waals surface area contributed by atoms with E-state index >= 15 is 0 Å². The predicted octanol–water partition coefficient (Wildman–Crippen LogP) is 2.42. The fourth-order valence-electron chi connectivity index (χ4n) is 2.46. The zero-order chi connectivity index (χ0) is 12.3. The van der Waals surface area contributed by atoms with Crippen LogP contribution in [-0.2, 0) is 6.54 Å². The van der Waals surface area contributed by atoms with Gasteiger partial charge in [-0.15, -0.1) is 0 Å². The molecule has 0 radical (unpaired) electrons. The lowest BCUT2D eigenvalue weighted by Gasteiger charge is -2.28. The van der Waals surface area contributed by atoms with Crippen molar-refractivity contribution in [2.45, 2.75) is 33.4 Å². The van der Waals surface area contributed by atoms with Crippen molar-refractivity contribution in [2.24, 2.45) is 5.92 Å². The second-order valence-corrected chi connectivity index (χ2v) is 5.53. The maximum Gasteiger partial charge on any atom is 0.0237 e. The van der Waals surface area contributed by atoms with Gasteiger partial charge in [0.05, 0.1) is 0 Å². The Bertz CT molecular complexity index is 344. The highest BCUT2D eigenvalue weighted by atomic mass is 15.2. The molecule has 94 valence electrons. The molecule has 17 heavy (non-hydrogen) atoms. The van der Waals surface area contributed by atoms with Gasteiger partial charge in [0.25, 0.3) is 0 Å². The molecule has 1 aromatic carbocycles. The smallest absolute Gasteiger partial charge is 0.0237 e. The van der Waals surface area contributed by atoms with Crippen LogP contribution in [0.15, 0.2) is 24.3 Å². The van der Waals surface area contributed by atoms with Gasteiger partial charge in [-0.25, -0.2) is 0 Å². The lowest BCUT2D eigenvalue weighted by atomic mass is 10.1. The van der Waals surface area contributed by atoms with Gasteiger partial charge in [0.15, 0.2) is 0 Å². The molecule has 0 saturated carbocycles. The van der Waals surface area contributed by atoms with Crippen molar-refractivity contribution in [1.29, 1.82) is 0 Å². The third kappa shape index (κ3) is 3.55. The number of nitrogens with zero attached hydrogens (tertiary/aromatic N) is 1. The zero-order valence-corrected chi connectivity index (χ0v) is 11.2. The molecule has 1 N–H and O–H groups in total. The highest BCUT2D eigenvalue weighted by Crippen LogP contribution is 2.13. The third-order valence-electron chi connectivity index (χ3n) is 3.61. The largest absolute Gasteiger partial charge is 0.315 e. The van der Waals surface area contributed by atoms with Gasteiger partial charge in [-0.1, -0.05) is 36.8 Å². The molecule has 1 aliphatic heterocycles. The maximum atomic E-state index is 3.53. The van der Waals surface area contributed by atoms with Gasteiger partial charge in [0.1, 0.15) is 0 Å². The van der Waals surface area contributed by atoms with Crippen LogP contribution in [-0.4, -0.2) is 30.6 Å². The first-order valence-corrected chi connectivity index (χ1v) is 6.65. The van der Waals surface area contributed by atoms with Gasteiger partial charge in [0.2, 0.25) is 0 Å². The first-order chi connectivity index (χ1) is 8.15. The predicted molar refractivity (Wildman–Crippen MR) is 73.1 cm³/mol. The number of hydrogen-bond donors (Lipinski definition) is 1. The van der Waals surface area contributed by atoms with Crippen LogP contribution in [0.1, 0.15) is 25.0 Å². The van der Waals surface area contributed by atoms with Gasteiger partial charge in [-0.2, -0.15) is 0 Å². The molecule has 2 unspecified atom stereocenters. The van der Waals surface area contributed by atoms with Gasteiger partial charge >= 0.3 is 0 Å². The molecule has 1 saturated heterocycles. The molecule has 0 spiro atoms. The standard InChI is InChI=1S/C15H24N2/c1-12-4-6-15(7-5-12)11-17-10-13(2)8-16-9-14(17)3/h4-7,13-14,16H,8-11H2,1-3H3. The second-order valence-electron chi connectivity index (χ2n) is 5.53. The van der Waals surface area contributed by atoms with Gasteiger partial charge in [-0.3, -0.25) is 4.90 Å². The number of aryl methyl sites for hydroxylation is 1. The number of nitrogens with one attached hydrogen (secondary N) is 1. The summed E-state index contributed by atoms with van der Waals surface area (Å²) in [6, 6.07) is 9.55. The Hall–Kier alpha value is -0.860. The van der Waals surface area contributed by atoms with E-state index in [2.05, 4.69) is 55.3 Å². The minimum atomic E-state index is 0.626. The van der Waals surface area contributed by atoms with Crippen LogP contribution in [0.3, 0.4) is 0 Å². The molecule has 2 heteroatoms. The second kappa shape index (κ2) is 5.65. The minimum Gasteiger partial charge on any atom is -0.315 e. The van der Waals surface area contributed by atoms with E-state index in [-0.39, 0.29) is 0 Å². The van der Waals surface area contributed by atoms with Crippen molar-refractivity contribution in [1.82, 2.24) is 10.2 Å². The molecule has 1 aromatic rings. The third-order valence-corrected chi connectivity index (χ3v) is 3.61. The van der Waals surface area contributed by atoms with Gasteiger partial charge < -0.3 is 5.32 Å². The van der Waals surface area contributed by atoms with Crippen LogP contribution in [0.25, 0.3) is 0 Å². The first-order valence-electron chi connectivity index (χ1n) is 6.65. The molecule has 2 rings (SSSR count). The van der Waals surface area contributed by atoms with Crippen molar-refractivity contribution in [2.75, 3.05) is 19.6 Å². The highest BCUT2D eigenvalue weighted by Gasteiger charge is 2.20. The Morgan fingerprint density at radius 3 is 2.59 bits per heavy atom. The average molecular weight is 232 g/mol. The van der Waals surface area contributed by atoms with Crippen LogP contribution in [0.2, 0.25) is 0 Å². The normalized spacial score (nSPS) is 26.8. The van der Waals surface area contributed by atoms with E-state index in [0.717, 1.165) is 25.6 Å². The van der Waals surface area contributed by atoms with Crippen molar-refractivity contribution in [3.05, 3.63) is 35.4 Å². The molecule has 0 amide bonds. The van der Waals surface area contributed by atoms with Crippen LogP contribution in [0.5, 0.6) is 0 Å². The Labute approximate surface area is 105 Å². The van der Waals surface area contributed by atoms with Gasteiger partial charge in [-0.05, 0) is 31.9 Å². The number of benzene rings is 1. The summed E-state index contributed by atoms with van der Waals surface area (Å²) >= 11 is 0. The molecule has 1 heterocycles. The monoisotopic (exact) mass is 232 g/mol. The molecule has 2 nitrogen and oxygen atoms in total.